The van der Waals surface area contributed by atoms with Crippen LogP contribution in [0.1, 0.15) is 11.1 Å². The third kappa shape index (κ3) is 6.38. The van der Waals surface area contributed by atoms with Gasteiger partial charge in [0, 0.05) is 22.2 Å². The molecule has 0 aliphatic rings. The lowest BCUT2D eigenvalue weighted by molar-refractivity contribution is 0.306. The van der Waals surface area contributed by atoms with E-state index >= 15 is 0 Å². The zero-order valence-electron chi connectivity index (χ0n) is 13.3. The van der Waals surface area contributed by atoms with Crippen LogP contribution < -0.4 is 15.5 Å². The number of ether oxygens (including phenoxy) is 1. The summed E-state index contributed by atoms with van der Waals surface area (Å²) >= 11 is 17.3. The van der Waals surface area contributed by atoms with Crippen molar-refractivity contribution in [2.75, 3.05) is 6.54 Å². The second kappa shape index (κ2) is 10.0. The van der Waals surface area contributed by atoms with Gasteiger partial charge in [-0.2, -0.15) is 5.10 Å². The standard InChI is InChI=1S/C18H17Cl2N3OS/c1-2-9-21-18(25)23-22-11-13-5-3-6-14(10-13)24-12-15-16(19)7-4-8-17(15)20/h2-8,10-11H,1,9,12H2,(H2,21,23,25). The lowest BCUT2D eigenvalue weighted by Gasteiger charge is -2.10. The van der Waals surface area contributed by atoms with Crippen LogP contribution >= 0.6 is 35.4 Å². The maximum atomic E-state index is 6.14. The molecule has 0 saturated carbocycles. The Bertz CT molecular complexity index is 760. The van der Waals surface area contributed by atoms with Gasteiger partial charge in [0.25, 0.3) is 0 Å². The number of hydrogen-bond acceptors (Lipinski definition) is 3. The SMILES string of the molecule is C=CCNC(=S)NN=Cc1cccc(OCc2c(Cl)cccc2Cl)c1. The summed E-state index contributed by atoms with van der Waals surface area (Å²) in [4.78, 5) is 0. The minimum Gasteiger partial charge on any atom is -0.489 e. The van der Waals surface area contributed by atoms with Crippen molar-refractivity contribution in [3.05, 3.63) is 76.3 Å². The Balaban J connectivity index is 1.94. The molecule has 0 aromatic heterocycles. The molecular formula is C18H17Cl2N3OS. The maximum Gasteiger partial charge on any atom is 0.187 e. The molecule has 4 nitrogen and oxygen atoms in total. The van der Waals surface area contributed by atoms with Crippen molar-refractivity contribution >= 4 is 46.7 Å². The molecule has 25 heavy (non-hydrogen) atoms. The van der Waals surface area contributed by atoms with Gasteiger partial charge in [-0.05, 0) is 42.0 Å². The first-order chi connectivity index (χ1) is 12.1. The van der Waals surface area contributed by atoms with E-state index in [4.69, 9.17) is 40.2 Å². The summed E-state index contributed by atoms with van der Waals surface area (Å²) in [5, 5.41) is 8.57. The van der Waals surface area contributed by atoms with Crippen LogP contribution in [0.4, 0.5) is 0 Å². The number of nitrogens with zero attached hydrogens (tertiary/aromatic N) is 1. The summed E-state index contributed by atoms with van der Waals surface area (Å²) in [5.74, 6) is 0.687. The van der Waals surface area contributed by atoms with Gasteiger partial charge in [0.05, 0.1) is 6.21 Å². The third-order valence-electron chi connectivity index (χ3n) is 3.09. The second-order valence-corrected chi connectivity index (χ2v) is 6.15. The van der Waals surface area contributed by atoms with Gasteiger partial charge in [-0.25, -0.2) is 0 Å². The fraction of sp³-hybridized carbons (Fsp3) is 0.111. The van der Waals surface area contributed by atoms with Gasteiger partial charge in [0.1, 0.15) is 12.4 Å². The molecule has 0 aliphatic carbocycles. The number of thiocarbonyl (C=S) groups is 1. The quantitative estimate of drug-likeness (QED) is 0.313. The Labute approximate surface area is 162 Å². The number of rotatable bonds is 7. The summed E-state index contributed by atoms with van der Waals surface area (Å²) in [5.41, 5.74) is 4.34. The molecule has 0 amide bonds. The minimum absolute atomic E-state index is 0.285. The van der Waals surface area contributed by atoms with Gasteiger partial charge in [-0.3, -0.25) is 5.43 Å². The van der Waals surface area contributed by atoms with Crippen molar-refractivity contribution in [2.24, 2.45) is 5.10 Å². The van der Waals surface area contributed by atoms with E-state index in [9.17, 15) is 0 Å². The lowest BCUT2D eigenvalue weighted by atomic mass is 10.2. The Morgan fingerprint density at radius 1 is 1.20 bits per heavy atom. The van der Waals surface area contributed by atoms with E-state index in [1.54, 1.807) is 30.5 Å². The van der Waals surface area contributed by atoms with Gasteiger partial charge in [-0.15, -0.1) is 6.58 Å². The first-order valence-corrected chi connectivity index (χ1v) is 8.60. The fourth-order valence-electron chi connectivity index (χ4n) is 1.88. The van der Waals surface area contributed by atoms with E-state index < -0.39 is 0 Å². The Kier molecular flexibility index (Phi) is 7.73. The van der Waals surface area contributed by atoms with Crippen LogP contribution in [-0.4, -0.2) is 17.9 Å². The number of halogens is 2. The van der Waals surface area contributed by atoms with Crippen LogP contribution in [0.2, 0.25) is 10.0 Å². The molecule has 0 fully saturated rings. The van der Waals surface area contributed by atoms with Crippen molar-refractivity contribution in [3.63, 3.8) is 0 Å². The largest absolute Gasteiger partial charge is 0.489 e. The van der Waals surface area contributed by atoms with Gasteiger partial charge >= 0.3 is 0 Å². The van der Waals surface area contributed by atoms with Gasteiger partial charge < -0.3 is 10.1 Å². The fourth-order valence-corrected chi connectivity index (χ4v) is 2.52. The summed E-state index contributed by atoms with van der Waals surface area (Å²) in [6, 6.07) is 12.8. The number of benzene rings is 2. The van der Waals surface area contributed by atoms with E-state index in [1.165, 1.54) is 0 Å². The van der Waals surface area contributed by atoms with E-state index in [0.717, 1.165) is 11.1 Å². The van der Waals surface area contributed by atoms with Crippen molar-refractivity contribution in [2.45, 2.75) is 6.61 Å². The molecule has 0 bridgehead atoms. The highest BCUT2D eigenvalue weighted by Crippen LogP contribution is 2.25. The van der Waals surface area contributed by atoms with Gasteiger partial charge in [-0.1, -0.05) is 47.5 Å². The number of hydrogen-bond donors (Lipinski definition) is 2. The van der Waals surface area contributed by atoms with Crippen LogP contribution in [0.5, 0.6) is 5.75 Å². The molecule has 2 rings (SSSR count). The molecule has 7 heteroatoms. The molecule has 2 aromatic rings. The molecule has 0 heterocycles. The second-order valence-electron chi connectivity index (χ2n) is 4.93. The molecule has 130 valence electrons. The van der Waals surface area contributed by atoms with Crippen LogP contribution in [0.3, 0.4) is 0 Å². The highest BCUT2D eigenvalue weighted by Gasteiger charge is 2.06. The summed E-state index contributed by atoms with van der Waals surface area (Å²) in [6.07, 6.45) is 3.36. The van der Waals surface area contributed by atoms with Crippen LogP contribution in [0.15, 0.2) is 60.2 Å². The van der Waals surface area contributed by atoms with Crippen LogP contribution in [0.25, 0.3) is 0 Å². The maximum absolute atomic E-state index is 6.14. The van der Waals surface area contributed by atoms with E-state index in [0.29, 0.717) is 27.5 Å². The zero-order valence-corrected chi connectivity index (χ0v) is 15.7. The predicted octanol–water partition coefficient (Wildman–Crippen LogP) is 4.56. The molecule has 2 N–H and O–H groups in total. The minimum atomic E-state index is 0.285. The van der Waals surface area contributed by atoms with Gasteiger partial charge in [0.2, 0.25) is 0 Å². The zero-order chi connectivity index (χ0) is 18.1. The predicted molar refractivity (Wildman–Crippen MR) is 109 cm³/mol. The molecule has 0 aliphatic heterocycles. The normalized spacial score (nSPS) is 10.5. The number of hydrazone groups is 1. The van der Waals surface area contributed by atoms with E-state index in [2.05, 4.69) is 22.4 Å². The Hall–Kier alpha value is -2.08. The smallest absolute Gasteiger partial charge is 0.187 e. The molecule has 0 atom stereocenters. The molecule has 0 unspecified atom stereocenters. The first-order valence-electron chi connectivity index (χ1n) is 7.43. The van der Waals surface area contributed by atoms with Crippen molar-refractivity contribution < 1.29 is 4.74 Å². The van der Waals surface area contributed by atoms with E-state index in [1.807, 2.05) is 24.3 Å². The van der Waals surface area contributed by atoms with Crippen molar-refractivity contribution in [1.29, 1.82) is 0 Å². The molecule has 0 radical (unpaired) electrons. The Morgan fingerprint density at radius 3 is 2.64 bits per heavy atom. The Morgan fingerprint density at radius 2 is 1.92 bits per heavy atom. The summed E-state index contributed by atoms with van der Waals surface area (Å²) in [7, 11) is 0. The van der Waals surface area contributed by atoms with Crippen LogP contribution in [0, 0.1) is 0 Å². The topological polar surface area (TPSA) is 45.7 Å². The molecular weight excluding hydrogens is 377 g/mol. The highest BCUT2D eigenvalue weighted by molar-refractivity contribution is 7.80. The summed E-state index contributed by atoms with van der Waals surface area (Å²) in [6.45, 7) is 4.46. The first kappa shape index (κ1) is 19.2. The van der Waals surface area contributed by atoms with Crippen LogP contribution in [-0.2, 0) is 6.61 Å². The monoisotopic (exact) mass is 393 g/mol. The van der Waals surface area contributed by atoms with E-state index in [-0.39, 0.29) is 6.61 Å². The molecule has 0 spiro atoms. The average molecular weight is 394 g/mol. The summed E-state index contributed by atoms with van der Waals surface area (Å²) < 4.78 is 5.77. The lowest BCUT2D eigenvalue weighted by Crippen LogP contribution is -2.31. The van der Waals surface area contributed by atoms with Gasteiger partial charge in [0.15, 0.2) is 5.11 Å². The molecule has 0 saturated heterocycles. The highest BCUT2D eigenvalue weighted by atomic mass is 35.5. The number of nitrogens with one attached hydrogen (secondary N) is 2. The van der Waals surface area contributed by atoms with Crippen molar-refractivity contribution in [1.82, 2.24) is 10.7 Å². The van der Waals surface area contributed by atoms with Crippen molar-refractivity contribution in [3.8, 4) is 5.75 Å². The average Bonchev–Trinajstić information content (AvgIpc) is 2.60. The molecule has 2 aromatic carbocycles. The third-order valence-corrected chi connectivity index (χ3v) is 4.03.